The van der Waals surface area contributed by atoms with Crippen LogP contribution in [0.3, 0.4) is 0 Å². The summed E-state index contributed by atoms with van der Waals surface area (Å²) in [6.07, 6.45) is 42.4. The Morgan fingerprint density at radius 2 is 0.643 bits per heavy atom. The Balaban J connectivity index is 0. The third-order valence-corrected chi connectivity index (χ3v) is 9.30. The van der Waals surface area contributed by atoms with Gasteiger partial charge in [0.2, 0.25) is 10.4 Å². The maximum Gasteiger partial charge on any atom is 1.00 e. The quantitative estimate of drug-likeness (QED) is 0.0299. The fourth-order valence-electron chi connectivity index (χ4n) is 6.10. The predicted octanol–water partition coefficient (Wildman–Crippen LogP) is 9.61. The number of rotatable bonds is 35. The third kappa shape index (κ3) is 39.5. The van der Waals surface area contributed by atoms with E-state index in [1.165, 1.54) is 180 Å². The van der Waals surface area contributed by atoms with Gasteiger partial charge < -0.3 is 4.55 Å². The normalized spacial score (nSPS) is 12.5. The Kier molecular flexibility index (Phi) is 40.2. The van der Waals surface area contributed by atoms with Gasteiger partial charge in [0.05, 0.1) is 6.61 Å². The second-order valence-corrected chi connectivity index (χ2v) is 14.1. The zero-order chi connectivity index (χ0) is 30.1. The van der Waals surface area contributed by atoms with Gasteiger partial charge in [0, 0.05) is 0 Å². The summed E-state index contributed by atoms with van der Waals surface area (Å²) in [6.45, 7) is 4.62. The van der Waals surface area contributed by atoms with E-state index >= 15 is 0 Å². The van der Waals surface area contributed by atoms with Crippen molar-refractivity contribution in [3.63, 3.8) is 0 Å². The molecule has 0 aliphatic rings. The summed E-state index contributed by atoms with van der Waals surface area (Å²) in [4.78, 5) is 0. The largest absolute Gasteiger partial charge is 1.00 e. The smallest absolute Gasteiger partial charge is 0.726 e. The van der Waals surface area contributed by atoms with Crippen molar-refractivity contribution in [1.82, 2.24) is 0 Å². The molecular weight excluding hydrogens is 568 g/mol. The summed E-state index contributed by atoms with van der Waals surface area (Å²) >= 11 is 0. The minimum absolute atomic E-state index is 0. The second-order valence-electron chi connectivity index (χ2n) is 13.0. The minimum Gasteiger partial charge on any atom is -0.726 e. The standard InChI is InChI=1S/C36H74O4S.K/c1-3-5-7-9-11-13-15-17-18-19-20-21-22-24-26-28-30-32-34-36(35-40-41(37,38)39)33-31-29-27-25-23-16-14-12-10-8-6-4-2;/h36H,3-35H2,1-2H3,(H,37,38,39);/q;+1/p-1. The van der Waals surface area contributed by atoms with Crippen LogP contribution in [0.25, 0.3) is 0 Å². The summed E-state index contributed by atoms with van der Waals surface area (Å²) in [5.41, 5.74) is 0. The molecule has 0 aromatic carbocycles. The van der Waals surface area contributed by atoms with Crippen molar-refractivity contribution in [3.05, 3.63) is 0 Å². The maximum atomic E-state index is 11.0. The molecule has 1 atom stereocenters. The van der Waals surface area contributed by atoms with Gasteiger partial charge in [-0.25, -0.2) is 8.42 Å². The van der Waals surface area contributed by atoms with E-state index in [-0.39, 0.29) is 63.9 Å². The minimum atomic E-state index is -4.59. The molecule has 0 heterocycles. The van der Waals surface area contributed by atoms with Crippen molar-refractivity contribution in [1.29, 1.82) is 0 Å². The molecule has 0 aliphatic heterocycles. The van der Waals surface area contributed by atoms with E-state index in [0.29, 0.717) is 0 Å². The second kappa shape index (κ2) is 37.0. The zero-order valence-corrected chi connectivity index (χ0v) is 32.9. The van der Waals surface area contributed by atoms with Crippen LogP contribution in [-0.2, 0) is 14.6 Å². The van der Waals surface area contributed by atoms with Gasteiger partial charge in [-0.15, -0.1) is 0 Å². The Morgan fingerprint density at radius 1 is 0.429 bits per heavy atom. The first-order chi connectivity index (χ1) is 20.0. The summed E-state index contributed by atoms with van der Waals surface area (Å²) in [5, 5.41) is 0. The Bertz CT molecular complexity index is 599. The summed E-state index contributed by atoms with van der Waals surface area (Å²) < 4.78 is 37.6. The van der Waals surface area contributed by atoms with Crippen molar-refractivity contribution in [3.8, 4) is 0 Å². The van der Waals surface area contributed by atoms with Crippen LogP contribution in [0.4, 0.5) is 0 Å². The molecule has 0 N–H and O–H groups in total. The molecule has 248 valence electrons. The van der Waals surface area contributed by atoms with Crippen LogP contribution >= 0.6 is 0 Å². The van der Waals surface area contributed by atoms with Crippen molar-refractivity contribution >= 4 is 10.4 Å². The zero-order valence-electron chi connectivity index (χ0n) is 29.0. The molecule has 4 nitrogen and oxygen atoms in total. The molecule has 0 aliphatic carbocycles. The van der Waals surface area contributed by atoms with Gasteiger partial charge in [-0.3, -0.25) is 4.18 Å². The van der Waals surface area contributed by atoms with Crippen molar-refractivity contribution < 1.29 is 68.5 Å². The topological polar surface area (TPSA) is 66.4 Å². The van der Waals surface area contributed by atoms with Crippen LogP contribution in [0.2, 0.25) is 0 Å². The molecule has 0 saturated heterocycles. The molecule has 6 heteroatoms. The summed E-state index contributed by atoms with van der Waals surface area (Å²) in [6, 6.07) is 0. The summed E-state index contributed by atoms with van der Waals surface area (Å²) in [7, 11) is -4.59. The molecule has 0 aromatic rings. The molecule has 0 fully saturated rings. The number of hydrogen-bond donors (Lipinski definition) is 0. The van der Waals surface area contributed by atoms with E-state index in [4.69, 9.17) is 0 Å². The monoisotopic (exact) mass is 640 g/mol. The van der Waals surface area contributed by atoms with Gasteiger partial charge in [0.1, 0.15) is 0 Å². The van der Waals surface area contributed by atoms with Gasteiger partial charge in [0.25, 0.3) is 0 Å². The molecule has 0 bridgehead atoms. The van der Waals surface area contributed by atoms with Gasteiger partial charge in [-0.2, -0.15) is 0 Å². The van der Waals surface area contributed by atoms with Gasteiger partial charge in [-0.1, -0.05) is 206 Å². The van der Waals surface area contributed by atoms with E-state index < -0.39 is 10.4 Å². The van der Waals surface area contributed by atoms with Crippen LogP contribution in [0.15, 0.2) is 0 Å². The molecule has 0 spiro atoms. The van der Waals surface area contributed by atoms with Crippen molar-refractivity contribution in [2.24, 2.45) is 5.92 Å². The fraction of sp³-hybridized carbons (Fsp3) is 1.00. The maximum absolute atomic E-state index is 11.0. The van der Waals surface area contributed by atoms with Crippen LogP contribution in [0.5, 0.6) is 0 Å². The Labute approximate surface area is 307 Å². The average molecular weight is 641 g/mol. The molecule has 1 unspecified atom stereocenters. The molecule has 0 aromatic heterocycles. The first-order valence-electron chi connectivity index (χ1n) is 18.6. The van der Waals surface area contributed by atoms with Crippen molar-refractivity contribution in [2.75, 3.05) is 6.61 Å². The Hall–Kier alpha value is 1.51. The molecule has 0 saturated carbocycles. The van der Waals surface area contributed by atoms with E-state index in [2.05, 4.69) is 18.0 Å². The fourth-order valence-corrected chi connectivity index (χ4v) is 6.46. The molecule has 0 rings (SSSR count). The average Bonchev–Trinajstić information content (AvgIpc) is 2.94. The van der Waals surface area contributed by atoms with E-state index in [0.717, 1.165) is 25.7 Å². The summed E-state index contributed by atoms with van der Waals surface area (Å²) in [5.74, 6) is 0.197. The molecule has 0 radical (unpaired) electrons. The number of hydrogen-bond acceptors (Lipinski definition) is 4. The molecular formula is C36H73KO4S. The van der Waals surface area contributed by atoms with Crippen LogP contribution in [0.1, 0.15) is 219 Å². The SMILES string of the molecule is CCCCCCCCCCCCCCCCCCCCC(CCCCCCCCCCCCCC)COS(=O)(=O)[O-].[K+]. The van der Waals surface area contributed by atoms with Crippen LogP contribution in [-0.4, -0.2) is 19.6 Å². The van der Waals surface area contributed by atoms with Crippen molar-refractivity contribution in [2.45, 2.75) is 219 Å². The molecule has 0 amide bonds. The van der Waals surface area contributed by atoms with Gasteiger partial charge in [-0.05, 0) is 18.8 Å². The van der Waals surface area contributed by atoms with Gasteiger partial charge in [0.15, 0.2) is 0 Å². The third-order valence-electron chi connectivity index (χ3n) is 8.88. The van der Waals surface area contributed by atoms with Crippen LogP contribution < -0.4 is 51.4 Å². The predicted molar refractivity (Wildman–Crippen MR) is 178 cm³/mol. The number of unbranched alkanes of at least 4 members (excludes halogenated alkanes) is 28. The van der Waals surface area contributed by atoms with E-state index in [9.17, 15) is 13.0 Å². The van der Waals surface area contributed by atoms with E-state index in [1.807, 2.05) is 0 Å². The van der Waals surface area contributed by atoms with Gasteiger partial charge >= 0.3 is 51.4 Å². The van der Waals surface area contributed by atoms with Crippen LogP contribution in [0, 0.1) is 5.92 Å². The molecule has 42 heavy (non-hydrogen) atoms. The van der Waals surface area contributed by atoms with E-state index in [1.54, 1.807) is 0 Å². The first-order valence-corrected chi connectivity index (χ1v) is 19.9. The Morgan fingerprint density at radius 3 is 0.857 bits per heavy atom. The first kappa shape index (κ1) is 45.6.